The lowest BCUT2D eigenvalue weighted by Gasteiger charge is -2.06. The van der Waals surface area contributed by atoms with Crippen molar-refractivity contribution >= 4 is 46.9 Å². The Balaban J connectivity index is 0.00000133. The van der Waals surface area contributed by atoms with Crippen LogP contribution in [-0.4, -0.2) is 29.0 Å². The quantitative estimate of drug-likeness (QED) is 0.796. The van der Waals surface area contributed by atoms with Gasteiger partial charge in [0.05, 0.1) is 16.5 Å². The predicted molar refractivity (Wildman–Crippen MR) is 78.0 cm³/mol. The van der Waals surface area contributed by atoms with Crippen LogP contribution in [0.1, 0.15) is 6.42 Å². The van der Waals surface area contributed by atoms with Gasteiger partial charge in [-0.05, 0) is 25.1 Å². The number of benzene rings is 1. The lowest BCUT2D eigenvalue weighted by atomic mass is 10.1. The van der Waals surface area contributed by atoms with E-state index in [4.69, 9.17) is 11.6 Å². The molecule has 1 aromatic heterocycles. The number of hydrogen-bond acceptors (Lipinski definition) is 3. The molecule has 2 heterocycles. The normalized spacial score (nSPS) is 18.3. The van der Waals surface area contributed by atoms with Crippen LogP contribution in [0.5, 0.6) is 0 Å². The molecule has 1 saturated heterocycles. The minimum Gasteiger partial charge on any atom is -0.324 e. The predicted octanol–water partition coefficient (Wildman–Crippen LogP) is 2.19. The SMILES string of the molecule is Cl.O=C(Nc1nc2c(Cl)cccc2[nH]1)C1CCNC1. The van der Waals surface area contributed by atoms with E-state index in [9.17, 15) is 4.79 Å². The summed E-state index contributed by atoms with van der Waals surface area (Å²) in [6.45, 7) is 1.62. The molecule has 0 radical (unpaired) electrons. The average molecular weight is 301 g/mol. The molecule has 0 aliphatic carbocycles. The summed E-state index contributed by atoms with van der Waals surface area (Å²) in [5.41, 5.74) is 1.50. The number of aromatic amines is 1. The zero-order valence-electron chi connectivity index (χ0n) is 10.1. The van der Waals surface area contributed by atoms with E-state index >= 15 is 0 Å². The number of nitrogens with one attached hydrogen (secondary N) is 3. The van der Waals surface area contributed by atoms with E-state index in [0.29, 0.717) is 16.5 Å². The van der Waals surface area contributed by atoms with E-state index in [-0.39, 0.29) is 24.2 Å². The number of para-hydroxylation sites is 1. The van der Waals surface area contributed by atoms with Gasteiger partial charge >= 0.3 is 0 Å². The summed E-state index contributed by atoms with van der Waals surface area (Å²) in [4.78, 5) is 19.3. The molecule has 102 valence electrons. The standard InChI is InChI=1S/C12H13ClN4O.ClH/c13-8-2-1-3-9-10(8)16-12(15-9)17-11(18)7-4-5-14-6-7;/h1-3,7,14H,4-6H2,(H2,15,16,17,18);1H. The fraction of sp³-hybridized carbons (Fsp3) is 0.333. The summed E-state index contributed by atoms with van der Waals surface area (Å²) >= 11 is 6.03. The fourth-order valence-electron chi connectivity index (χ4n) is 2.15. The molecule has 0 saturated carbocycles. The van der Waals surface area contributed by atoms with Crippen LogP contribution in [0.2, 0.25) is 5.02 Å². The number of nitrogens with zero attached hydrogens (tertiary/aromatic N) is 1. The molecule has 3 rings (SSSR count). The van der Waals surface area contributed by atoms with Crippen LogP contribution in [-0.2, 0) is 4.79 Å². The number of aromatic nitrogens is 2. The lowest BCUT2D eigenvalue weighted by Crippen LogP contribution is -2.25. The molecule has 1 unspecified atom stereocenters. The average Bonchev–Trinajstić information content (AvgIpc) is 2.97. The first-order valence-electron chi connectivity index (χ1n) is 5.90. The Labute approximate surface area is 121 Å². The Morgan fingerprint density at radius 2 is 2.32 bits per heavy atom. The van der Waals surface area contributed by atoms with Crippen LogP contribution in [0.25, 0.3) is 11.0 Å². The van der Waals surface area contributed by atoms with Crippen molar-refractivity contribution in [2.75, 3.05) is 18.4 Å². The number of imidazole rings is 1. The Kier molecular flexibility index (Phi) is 4.29. The summed E-state index contributed by atoms with van der Waals surface area (Å²) in [7, 11) is 0. The highest BCUT2D eigenvalue weighted by Crippen LogP contribution is 2.22. The van der Waals surface area contributed by atoms with Crippen LogP contribution < -0.4 is 10.6 Å². The zero-order valence-corrected chi connectivity index (χ0v) is 11.6. The van der Waals surface area contributed by atoms with E-state index < -0.39 is 0 Å². The van der Waals surface area contributed by atoms with Gasteiger partial charge in [-0.25, -0.2) is 4.98 Å². The summed E-state index contributed by atoms with van der Waals surface area (Å²) in [6, 6.07) is 5.49. The molecule has 1 aliphatic heterocycles. The molecule has 1 aromatic carbocycles. The molecule has 1 amide bonds. The largest absolute Gasteiger partial charge is 0.324 e. The van der Waals surface area contributed by atoms with Gasteiger partial charge in [-0.1, -0.05) is 17.7 Å². The van der Waals surface area contributed by atoms with E-state index in [1.165, 1.54) is 0 Å². The number of halogens is 2. The Bertz CT molecular complexity index is 592. The first kappa shape index (κ1) is 14.1. The summed E-state index contributed by atoms with van der Waals surface area (Å²) in [5, 5.41) is 6.53. The van der Waals surface area contributed by atoms with Crippen LogP contribution >= 0.6 is 24.0 Å². The van der Waals surface area contributed by atoms with Crippen molar-refractivity contribution in [2.24, 2.45) is 5.92 Å². The maximum Gasteiger partial charge on any atom is 0.231 e. The van der Waals surface area contributed by atoms with Gasteiger partial charge in [0.2, 0.25) is 11.9 Å². The van der Waals surface area contributed by atoms with Crippen molar-refractivity contribution in [3.8, 4) is 0 Å². The number of H-pyrrole nitrogens is 1. The van der Waals surface area contributed by atoms with Crippen LogP contribution in [0.3, 0.4) is 0 Å². The summed E-state index contributed by atoms with van der Waals surface area (Å²) < 4.78 is 0. The second kappa shape index (κ2) is 5.77. The van der Waals surface area contributed by atoms with Gasteiger partial charge in [0.15, 0.2) is 0 Å². The molecular formula is C12H14Cl2N4O. The minimum absolute atomic E-state index is 0. The highest BCUT2D eigenvalue weighted by atomic mass is 35.5. The zero-order chi connectivity index (χ0) is 12.5. The summed E-state index contributed by atoms with van der Waals surface area (Å²) in [6.07, 6.45) is 0.868. The van der Waals surface area contributed by atoms with E-state index in [0.717, 1.165) is 25.0 Å². The lowest BCUT2D eigenvalue weighted by molar-refractivity contribution is -0.119. The van der Waals surface area contributed by atoms with Gasteiger partial charge in [-0.15, -0.1) is 12.4 Å². The molecule has 1 aliphatic rings. The van der Waals surface area contributed by atoms with Crippen molar-refractivity contribution in [3.63, 3.8) is 0 Å². The first-order valence-corrected chi connectivity index (χ1v) is 6.27. The maximum absolute atomic E-state index is 11.9. The topological polar surface area (TPSA) is 69.8 Å². The number of anilines is 1. The smallest absolute Gasteiger partial charge is 0.231 e. The van der Waals surface area contributed by atoms with Crippen molar-refractivity contribution in [3.05, 3.63) is 23.2 Å². The van der Waals surface area contributed by atoms with E-state index in [1.807, 2.05) is 12.1 Å². The monoisotopic (exact) mass is 300 g/mol. The van der Waals surface area contributed by atoms with Crippen molar-refractivity contribution in [1.29, 1.82) is 0 Å². The molecule has 2 aromatic rings. The van der Waals surface area contributed by atoms with Gasteiger partial charge in [0, 0.05) is 6.54 Å². The minimum atomic E-state index is -0.00446. The van der Waals surface area contributed by atoms with Crippen LogP contribution in [0.15, 0.2) is 18.2 Å². The Morgan fingerprint density at radius 1 is 1.47 bits per heavy atom. The second-order valence-corrected chi connectivity index (χ2v) is 4.81. The van der Waals surface area contributed by atoms with Crippen LogP contribution in [0.4, 0.5) is 5.95 Å². The molecule has 5 nitrogen and oxygen atoms in total. The number of fused-ring (bicyclic) bond motifs is 1. The molecular weight excluding hydrogens is 287 g/mol. The molecule has 0 spiro atoms. The third-order valence-electron chi connectivity index (χ3n) is 3.14. The molecule has 1 fully saturated rings. The van der Waals surface area contributed by atoms with E-state index in [1.54, 1.807) is 6.07 Å². The number of carbonyl (C=O) groups excluding carboxylic acids is 1. The molecule has 0 bridgehead atoms. The first-order chi connectivity index (χ1) is 8.74. The second-order valence-electron chi connectivity index (χ2n) is 4.40. The Morgan fingerprint density at radius 3 is 3.00 bits per heavy atom. The van der Waals surface area contributed by atoms with Crippen molar-refractivity contribution < 1.29 is 4.79 Å². The molecule has 7 heteroatoms. The number of rotatable bonds is 2. The van der Waals surface area contributed by atoms with Crippen LogP contribution in [0, 0.1) is 5.92 Å². The highest BCUT2D eigenvalue weighted by molar-refractivity contribution is 6.35. The van der Waals surface area contributed by atoms with Gasteiger partial charge < -0.3 is 10.3 Å². The van der Waals surface area contributed by atoms with Gasteiger partial charge in [-0.3, -0.25) is 10.1 Å². The number of amides is 1. The fourth-order valence-corrected chi connectivity index (χ4v) is 2.37. The third kappa shape index (κ3) is 2.83. The van der Waals surface area contributed by atoms with Gasteiger partial charge in [0.25, 0.3) is 0 Å². The maximum atomic E-state index is 11.9. The van der Waals surface area contributed by atoms with Crippen molar-refractivity contribution in [2.45, 2.75) is 6.42 Å². The van der Waals surface area contributed by atoms with Gasteiger partial charge in [0.1, 0.15) is 5.52 Å². The highest BCUT2D eigenvalue weighted by Gasteiger charge is 2.23. The third-order valence-corrected chi connectivity index (χ3v) is 3.44. The van der Waals surface area contributed by atoms with Gasteiger partial charge in [-0.2, -0.15) is 0 Å². The van der Waals surface area contributed by atoms with Crippen molar-refractivity contribution in [1.82, 2.24) is 15.3 Å². The number of hydrogen-bond donors (Lipinski definition) is 3. The van der Waals surface area contributed by atoms with E-state index in [2.05, 4.69) is 20.6 Å². The molecule has 1 atom stereocenters. The summed E-state index contributed by atoms with van der Waals surface area (Å²) in [5.74, 6) is 0.471. The molecule has 3 N–H and O–H groups in total. The molecule has 19 heavy (non-hydrogen) atoms. The Hall–Kier alpha value is -1.30. The number of carbonyl (C=O) groups is 1.